The Morgan fingerprint density at radius 2 is 1.15 bits per heavy atom. The van der Waals surface area contributed by atoms with Crippen molar-refractivity contribution < 1.29 is 28.7 Å². The summed E-state index contributed by atoms with van der Waals surface area (Å²) in [7, 11) is 0. The van der Waals surface area contributed by atoms with Gasteiger partial charge in [-0.15, -0.1) is 0 Å². The Kier molecular flexibility index (Phi) is 9.24. The van der Waals surface area contributed by atoms with Crippen LogP contribution in [0.1, 0.15) is 46.5 Å². The zero-order valence-corrected chi connectivity index (χ0v) is 12.3. The van der Waals surface area contributed by atoms with Gasteiger partial charge in [0.05, 0.1) is 13.2 Å². The molecule has 0 aliphatic rings. The van der Waals surface area contributed by atoms with Crippen LogP contribution in [0.3, 0.4) is 0 Å². The van der Waals surface area contributed by atoms with Crippen molar-refractivity contribution in [2.24, 2.45) is 5.92 Å². The Morgan fingerprint density at radius 3 is 1.45 bits per heavy atom. The summed E-state index contributed by atoms with van der Waals surface area (Å²) < 4.78 is 9.78. The maximum Gasteiger partial charge on any atom is 0.313 e. The highest BCUT2D eigenvalue weighted by Crippen LogP contribution is 2.08. The van der Waals surface area contributed by atoms with Crippen LogP contribution in [0.2, 0.25) is 0 Å². The summed E-state index contributed by atoms with van der Waals surface area (Å²) in [5.74, 6) is -1.26. The van der Waals surface area contributed by atoms with E-state index in [1.165, 1.54) is 13.8 Å². The number of rotatable bonds is 10. The predicted molar refractivity (Wildman–Crippen MR) is 70.9 cm³/mol. The maximum absolute atomic E-state index is 11.1. The van der Waals surface area contributed by atoms with Crippen molar-refractivity contribution in [3.05, 3.63) is 0 Å². The number of ether oxygens (including phenoxy) is 2. The second kappa shape index (κ2) is 10.1. The number of Topliss-reactive ketones (excluding diaryl/α,β-unsaturated/α-hetero) is 2. The average Bonchev–Trinajstić information content (AvgIpc) is 2.26. The van der Waals surface area contributed by atoms with Crippen LogP contribution in [0.25, 0.3) is 0 Å². The Hall–Kier alpha value is -1.72. The fourth-order valence-electron chi connectivity index (χ4n) is 1.40. The fraction of sp³-hybridized carbons (Fsp3) is 0.714. The lowest BCUT2D eigenvalue weighted by molar-refractivity contribution is -0.146. The molecule has 0 amide bonds. The second-order valence-corrected chi connectivity index (χ2v) is 4.88. The molecule has 20 heavy (non-hydrogen) atoms. The molecule has 0 aliphatic carbocycles. The first-order valence-electron chi connectivity index (χ1n) is 6.61. The highest BCUT2D eigenvalue weighted by Gasteiger charge is 2.10. The van der Waals surface area contributed by atoms with Crippen LogP contribution in [0.15, 0.2) is 0 Å². The van der Waals surface area contributed by atoms with Crippen LogP contribution in [0.4, 0.5) is 0 Å². The van der Waals surface area contributed by atoms with Crippen molar-refractivity contribution in [1.82, 2.24) is 0 Å². The van der Waals surface area contributed by atoms with E-state index in [1.54, 1.807) is 0 Å². The summed E-state index contributed by atoms with van der Waals surface area (Å²) >= 11 is 0. The summed E-state index contributed by atoms with van der Waals surface area (Å²) in [6, 6.07) is 0. The molecule has 0 spiro atoms. The maximum atomic E-state index is 11.1. The summed E-state index contributed by atoms with van der Waals surface area (Å²) in [4.78, 5) is 43.5. The van der Waals surface area contributed by atoms with Gasteiger partial charge in [-0.2, -0.15) is 0 Å². The molecule has 0 aromatic heterocycles. The van der Waals surface area contributed by atoms with Crippen molar-refractivity contribution >= 4 is 23.5 Å². The Bertz CT molecular complexity index is 327. The van der Waals surface area contributed by atoms with Crippen LogP contribution in [-0.4, -0.2) is 36.7 Å². The van der Waals surface area contributed by atoms with E-state index in [0.717, 1.165) is 0 Å². The number of ketones is 2. The molecule has 0 heterocycles. The van der Waals surface area contributed by atoms with Gasteiger partial charge in [-0.3, -0.25) is 19.2 Å². The highest BCUT2D eigenvalue weighted by atomic mass is 16.5. The van der Waals surface area contributed by atoms with Crippen molar-refractivity contribution in [2.45, 2.75) is 46.5 Å². The lowest BCUT2D eigenvalue weighted by atomic mass is 10.1. The Labute approximate surface area is 118 Å². The molecule has 114 valence electrons. The molecule has 0 unspecified atom stereocenters. The molecule has 0 radical (unpaired) electrons. The quantitative estimate of drug-likeness (QED) is 0.446. The van der Waals surface area contributed by atoms with E-state index in [-0.39, 0.29) is 43.5 Å². The first-order valence-corrected chi connectivity index (χ1v) is 6.61. The van der Waals surface area contributed by atoms with Crippen LogP contribution >= 0.6 is 0 Å². The van der Waals surface area contributed by atoms with Gasteiger partial charge in [-0.1, -0.05) is 6.92 Å². The molecular weight excluding hydrogens is 264 g/mol. The molecule has 6 heteroatoms. The van der Waals surface area contributed by atoms with E-state index in [0.29, 0.717) is 12.8 Å². The molecule has 6 nitrogen and oxygen atoms in total. The van der Waals surface area contributed by atoms with Crippen molar-refractivity contribution in [1.29, 1.82) is 0 Å². The first-order chi connectivity index (χ1) is 9.31. The highest BCUT2D eigenvalue weighted by molar-refractivity contribution is 5.94. The predicted octanol–water partition coefficient (Wildman–Crippen LogP) is 1.45. The molecule has 0 atom stereocenters. The van der Waals surface area contributed by atoms with Crippen molar-refractivity contribution in [2.75, 3.05) is 13.2 Å². The summed E-state index contributed by atoms with van der Waals surface area (Å²) in [5.41, 5.74) is 0. The van der Waals surface area contributed by atoms with Gasteiger partial charge >= 0.3 is 11.9 Å². The lowest BCUT2D eigenvalue weighted by Crippen LogP contribution is -2.14. The largest absolute Gasteiger partial charge is 0.465 e. The van der Waals surface area contributed by atoms with E-state index >= 15 is 0 Å². The summed E-state index contributed by atoms with van der Waals surface area (Å²) in [6.07, 6.45) is 0.871. The molecule has 0 aromatic rings. The average molecular weight is 286 g/mol. The van der Waals surface area contributed by atoms with E-state index in [9.17, 15) is 19.2 Å². The number of hydrogen-bond acceptors (Lipinski definition) is 6. The van der Waals surface area contributed by atoms with Gasteiger partial charge < -0.3 is 9.47 Å². The van der Waals surface area contributed by atoms with Crippen LogP contribution in [0.5, 0.6) is 0 Å². The van der Waals surface area contributed by atoms with Gasteiger partial charge in [0.2, 0.25) is 0 Å². The van der Waals surface area contributed by atoms with E-state index in [2.05, 4.69) is 0 Å². The Balaban J connectivity index is 3.61. The summed E-state index contributed by atoms with van der Waals surface area (Å²) in [5, 5.41) is 0. The van der Waals surface area contributed by atoms with E-state index in [1.807, 2.05) is 6.92 Å². The van der Waals surface area contributed by atoms with Gasteiger partial charge in [0, 0.05) is 0 Å². The molecule has 0 aliphatic heterocycles. The lowest BCUT2D eigenvalue weighted by Gasteiger charge is -2.11. The van der Waals surface area contributed by atoms with E-state index < -0.39 is 11.9 Å². The molecule has 0 N–H and O–H groups in total. The monoisotopic (exact) mass is 286 g/mol. The SMILES string of the molecule is CC(=O)CC(=O)OCCC(C)CCOC(=O)CC(C)=O. The summed E-state index contributed by atoms with van der Waals surface area (Å²) in [6.45, 7) is 5.10. The van der Waals surface area contributed by atoms with E-state index in [4.69, 9.17) is 9.47 Å². The first kappa shape index (κ1) is 18.3. The number of esters is 2. The van der Waals surface area contributed by atoms with Crippen LogP contribution in [-0.2, 0) is 28.7 Å². The zero-order chi connectivity index (χ0) is 15.5. The Morgan fingerprint density at radius 1 is 0.800 bits per heavy atom. The number of hydrogen-bond donors (Lipinski definition) is 0. The molecule has 0 saturated heterocycles. The fourth-order valence-corrected chi connectivity index (χ4v) is 1.40. The molecule has 0 aromatic carbocycles. The van der Waals surface area contributed by atoms with Crippen LogP contribution in [0, 0.1) is 5.92 Å². The van der Waals surface area contributed by atoms with Crippen molar-refractivity contribution in [3.63, 3.8) is 0 Å². The van der Waals surface area contributed by atoms with Gasteiger partial charge in [-0.25, -0.2) is 0 Å². The number of carbonyl (C=O) groups excluding carboxylic acids is 4. The third-order valence-electron chi connectivity index (χ3n) is 2.53. The third kappa shape index (κ3) is 11.4. The molecule has 0 saturated carbocycles. The smallest absolute Gasteiger partial charge is 0.313 e. The molecule has 0 rings (SSSR count). The minimum absolute atomic E-state index is 0.197. The zero-order valence-electron chi connectivity index (χ0n) is 12.3. The van der Waals surface area contributed by atoms with Gasteiger partial charge in [0.15, 0.2) is 0 Å². The van der Waals surface area contributed by atoms with Crippen molar-refractivity contribution in [3.8, 4) is 0 Å². The minimum Gasteiger partial charge on any atom is -0.465 e. The molecular formula is C14H22O6. The van der Waals surface area contributed by atoms with Gasteiger partial charge in [-0.05, 0) is 32.6 Å². The van der Waals surface area contributed by atoms with Gasteiger partial charge in [0.25, 0.3) is 0 Å². The minimum atomic E-state index is -0.516. The number of carbonyl (C=O) groups is 4. The molecule has 0 bridgehead atoms. The normalized spacial score (nSPS) is 10.2. The van der Waals surface area contributed by atoms with Crippen LogP contribution < -0.4 is 0 Å². The third-order valence-corrected chi connectivity index (χ3v) is 2.53. The molecule has 0 fully saturated rings. The van der Waals surface area contributed by atoms with Gasteiger partial charge in [0.1, 0.15) is 24.4 Å². The second-order valence-electron chi connectivity index (χ2n) is 4.88. The topological polar surface area (TPSA) is 86.7 Å². The standard InChI is InChI=1S/C14H22O6/c1-10(4-6-19-13(17)8-11(2)15)5-7-20-14(18)9-12(3)16/h10H,4-9H2,1-3H3.